The van der Waals surface area contributed by atoms with Crippen molar-refractivity contribution in [3.05, 3.63) is 273 Å². The molecule has 13 aromatic carbocycles. The zero-order chi connectivity index (χ0) is 49.4. The Bertz CT molecular complexity index is 4770. The highest BCUT2D eigenvalue weighted by Gasteiger charge is 2.18. The topological polar surface area (TPSA) is 30.7 Å². The van der Waals surface area contributed by atoms with Gasteiger partial charge in [0.2, 0.25) is 0 Å². The molecule has 3 nitrogen and oxygen atoms in total. The third-order valence-corrected chi connectivity index (χ3v) is 15.4. The molecule has 0 spiro atoms. The molecule has 0 fully saturated rings. The summed E-state index contributed by atoms with van der Waals surface area (Å²) in [5, 5.41) is 11.9. The van der Waals surface area contributed by atoms with Crippen LogP contribution in [-0.4, -0.2) is 14.5 Å². The summed E-state index contributed by atoms with van der Waals surface area (Å²) >= 11 is 0. The largest absolute Gasteiger partial charge is 0.309 e. The summed E-state index contributed by atoms with van der Waals surface area (Å²) < 4.78 is 2.38. The molecule has 2 heterocycles. The van der Waals surface area contributed by atoms with E-state index in [0.717, 1.165) is 77.3 Å². The second-order valence-corrected chi connectivity index (χ2v) is 19.7. The van der Waals surface area contributed by atoms with Gasteiger partial charge < -0.3 is 4.57 Å². The minimum atomic E-state index is 0.831. The van der Waals surface area contributed by atoms with Crippen molar-refractivity contribution in [1.82, 2.24) is 14.5 Å². The zero-order valence-electron chi connectivity index (χ0n) is 40.8. The average molecular weight is 952 g/mol. The van der Waals surface area contributed by atoms with Gasteiger partial charge in [-0.15, -0.1) is 0 Å². The predicted molar refractivity (Wildman–Crippen MR) is 317 cm³/mol. The van der Waals surface area contributed by atoms with E-state index in [1.165, 1.54) is 71.2 Å². The van der Waals surface area contributed by atoms with Gasteiger partial charge in [-0.25, -0.2) is 4.98 Å². The van der Waals surface area contributed by atoms with Gasteiger partial charge in [-0.05, 0) is 143 Å². The van der Waals surface area contributed by atoms with Gasteiger partial charge in [0.15, 0.2) is 0 Å². The lowest BCUT2D eigenvalue weighted by Crippen LogP contribution is -1.94. The molecule has 0 N–H and O–H groups in total. The van der Waals surface area contributed by atoms with Crippen LogP contribution >= 0.6 is 0 Å². The van der Waals surface area contributed by atoms with E-state index in [9.17, 15) is 0 Å². The number of hydrogen-bond acceptors (Lipinski definition) is 2. The quantitative estimate of drug-likeness (QED) is 0.149. The summed E-state index contributed by atoms with van der Waals surface area (Å²) in [6.45, 7) is 0. The Kier molecular flexibility index (Phi) is 9.89. The Hall–Kier alpha value is -9.96. The van der Waals surface area contributed by atoms with Gasteiger partial charge in [-0.2, -0.15) is 0 Å². The fourth-order valence-electron chi connectivity index (χ4n) is 11.8. The second kappa shape index (κ2) is 17.4. The molecule has 0 radical (unpaired) electrons. The third-order valence-electron chi connectivity index (χ3n) is 15.4. The van der Waals surface area contributed by atoms with Crippen LogP contribution in [0.1, 0.15) is 0 Å². The van der Waals surface area contributed by atoms with Gasteiger partial charge in [0.25, 0.3) is 0 Å². The van der Waals surface area contributed by atoms with Crippen molar-refractivity contribution >= 4 is 75.9 Å². The fraction of sp³-hybridized carbons (Fsp3) is 0. The molecule has 15 aromatic rings. The Morgan fingerprint density at radius 3 is 1.31 bits per heavy atom. The van der Waals surface area contributed by atoms with Gasteiger partial charge in [0, 0.05) is 32.8 Å². The van der Waals surface area contributed by atoms with Crippen LogP contribution in [0.2, 0.25) is 0 Å². The number of benzene rings is 13. The van der Waals surface area contributed by atoms with Crippen LogP contribution in [0.4, 0.5) is 0 Å². The van der Waals surface area contributed by atoms with Crippen molar-refractivity contribution in [1.29, 1.82) is 0 Å². The number of fused-ring (bicyclic) bond motifs is 11. The van der Waals surface area contributed by atoms with E-state index in [2.05, 4.69) is 271 Å². The lowest BCUT2D eigenvalue weighted by atomic mass is 9.91. The summed E-state index contributed by atoms with van der Waals surface area (Å²) in [5.74, 6) is 0. The average Bonchev–Trinajstić information content (AvgIpc) is 3.86. The molecule has 0 saturated heterocycles. The minimum Gasteiger partial charge on any atom is -0.309 e. The first-order chi connectivity index (χ1) is 37.2. The van der Waals surface area contributed by atoms with Gasteiger partial charge in [0.1, 0.15) is 0 Å². The Morgan fingerprint density at radius 2 is 0.693 bits per heavy atom. The number of para-hydroxylation sites is 2. The standard InChI is InChI=1S/C72H45N3/c1-2-25-57(26-3-1)75-69-32-9-8-29-64(69)65-38-33-53(44-70(65)75)51-22-11-20-49(40-51)48-19-10-21-50(39-48)52-23-12-24-56(41-52)68-45-73-71-66-42-54(60-30-13-17-46-15-4-6-27-58(46)60)34-36-62(66)63-37-35-55(43-67(63)72(71)74-68)61-31-14-18-47-16-5-7-28-59(47)61/h1-45H. The molecule has 0 bridgehead atoms. The normalized spacial score (nSPS) is 11.7. The number of rotatable bonds is 7. The first-order valence-corrected chi connectivity index (χ1v) is 25.7. The van der Waals surface area contributed by atoms with Crippen molar-refractivity contribution in [3.8, 4) is 72.6 Å². The van der Waals surface area contributed by atoms with Crippen LogP contribution in [0.15, 0.2) is 273 Å². The molecule has 0 amide bonds. The molecule has 0 aliphatic heterocycles. The van der Waals surface area contributed by atoms with Crippen molar-refractivity contribution in [3.63, 3.8) is 0 Å². The van der Waals surface area contributed by atoms with Crippen LogP contribution in [0.3, 0.4) is 0 Å². The summed E-state index contributed by atoms with van der Waals surface area (Å²) in [6.07, 6.45) is 1.96. The van der Waals surface area contributed by atoms with E-state index in [0.29, 0.717) is 0 Å². The highest BCUT2D eigenvalue weighted by molar-refractivity contribution is 6.25. The molecule has 0 aliphatic carbocycles. The van der Waals surface area contributed by atoms with Crippen LogP contribution in [-0.2, 0) is 0 Å². The monoisotopic (exact) mass is 951 g/mol. The molecule has 2 aromatic heterocycles. The van der Waals surface area contributed by atoms with Gasteiger partial charge in [-0.3, -0.25) is 4.98 Å². The zero-order valence-corrected chi connectivity index (χ0v) is 40.8. The van der Waals surface area contributed by atoms with Gasteiger partial charge in [0.05, 0.1) is 34.0 Å². The van der Waals surface area contributed by atoms with Crippen LogP contribution in [0.5, 0.6) is 0 Å². The molecular formula is C72H45N3. The summed E-state index contributed by atoms with van der Waals surface area (Å²) in [4.78, 5) is 11.0. The van der Waals surface area contributed by atoms with Crippen LogP contribution < -0.4 is 0 Å². The molecule has 0 atom stereocenters. The van der Waals surface area contributed by atoms with Gasteiger partial charge >= 0.3 is 0 Å². The summed E-state index contributed by atoms with van der Waals surface area (Å²) in [5.41, 5.74) is 18.8. The first-order valence-electron chi connectivity index (χ1n) is 25.7. The maximum Gasteiger partial charge on any atom is 0.0979 e. The maximum atomic E-state index is 5.60. The Morgan fingerprint density at radius 1 is 0.253 bits per heavy atom. The first kappa shape index (κ1) is 42.7. The third kappa shape index (κ3) is 7.20. The van der Waals surface area contributed by atoms with E-state index in [-0.39, 0.29) is 0 Å². The molecule has 0 aliphatic rings. The molecule has 348 valence electrons. The van der Waals surface area contributed by atoms with Crippen LogP contribution in [0.25, 0.3) is 149 Å². The van der Waals surface area contributed by atoms with Crippen molar-refractivity contribution in [2.24, 2.45) is 0 Å². The van der Waals surface area contributed by atoms with E-state index < -0.39 is 0 Å². The van der Waals surface area contributed by atoms with E-state index in [1.54, 1.807) is 0 Å². The minimum absolute atomic E-state index is 0.831. The van der Waals surface area contributed by atoms with E-state index in [1.807, 2.05) is 6.20 Å². The second-order valence-electron chi connectivity index (χ2n) is 19.7. The molecular weight excluding hydrogens is 907 g/mol. The highest BCUT2D eigenvalue weighted by atomic mass is 15.0. The highest BCUT2D eigenvalue weighted by Crippen LogP contribution is 2.42. The Labute approximate surface area is 433 Å². The maximum absolute atomic E-state index is 5.60. The summed E-state index contributed by atoms with van der Waals surface area (Å²) in [6, 6.07) is 97.0. The molecule has 0 saturated carbocycles. The van der Waals surface area contributed by atoms with Crippen LogP contribution in [0, 0.1) is 0 Å². The van der Waals surface area contributed by atoms with Crippen molar-refractivity contribution < 1.29 is 0 Å². The van der Waals surface area contributed by atoms with E-state index >= 15 is 0 Å². The molecule has 75 heavy (non-hydrogen) atoms. The Balaban J connectivity index is 0.830. The van der Waals surface area contributed by atoms with Crippen molar-refractivity contribution in [2.45, 2.75) is 0 Å². The molecule has 0 unspecified atom stereocenters. The fourth-order valence-corrected chi connectivity index (χ4v) is 11.8. The lowest BCUT2D eigenvalue weighted by molar-refractivity contribution is 1.18. The molecule has 3 heteroatoms. The number of nitrogens with zero attached hydrogens (tertiary/aromatic N) is 3. The number of hydrogen-bond donors (Lipinski definition) is 0. The summed E-state index contributed by atoms with van der Waals surface area (Å²) in [7, 11) is 0. The smallest absolute Gasteiger partial charge is 0.0979 e. The SMILES string of the molecule is c1ccc(-n2c3ccccc3c3ccc(-c4cccc(-c5cccc(-c6cccc(-c7cnc8c9cc(-c%10cccc%11ccccc%10%11)ccc9c9ccc(-c%10cccc%11ccccc%10%11)cc9c8n7)c6)c5)c4)cc32)cc1. The number of aromatic nitrogens is 3. The van der Waals surface area contributed by atoms with Crippen molar-refractivity contribution in [2.75, 3.05) is 0 Å². The predicted octanol–water partition coefficient (Wildman–Crippen LogP) is 19.3. The van der Waals surface area contributed by atoms with Gasteiger partial charge in [-0.1, -0.05) is 212 Å². The molecule has 15 rings (SSSR count). The van der Waals surface area contributed by atoms with E-state index in [4.69, 9.17) is 9.97 Å². The lowest BCUT2D eigenvalue weighted by Gasteiger charge is -2.15.